The average Bonchev–Trinajstić information content (AvgIpc) is 3.41. The van der Waals surface area contributed by atoms with Crippen molar-refractivity contribution in [3.63, 3.8) is 0 Å². The topological polar surface area (TPSA) is 79.1 Å². The van der Waals surface area contributed by atoms with Crippen molar-refractivity contribution < 1.29 is 19.0 Å². The Hall–Kier alpha value is -2.69. The summed E-state index contributed by atoms with van der Waals surface area (Å²) in [5.41, 5.74) is 1.47. The van der Waals surface area contributed by atoms with Crippen LogP contribution in [0.5, 0.6) is 11.5 Å². The second-order valence-corrected chi connectivity index (χ2v) is 9.90. The first-order chi connectivity index (χ1) is 15.9. The van der Waals surface area contributed by atoms with Gasteiger partial charge in [-0.3, -0.25) is 9.36 Å². The van der Waals surface area contributed by atoms with Crippen molar-refractivity contribution in [1.29, 1.82) is 0 Å². The molecule has 7 nitrogen and oxygen atoms in total. The summed E-state index contributed by atoms with van der Waals surface area (Å²) in [6, 6.07) is 6.88. The molecule has 0 N–H and O–H groups in total. The van der Waals surface area contributed by atoms with Gasteiger partial charge in [-0.15, -0.1) is 11.3 Å². The van der Waals surface area contributed by atoms with Gasteiger partial charge in [-0.2, -0.15) is 0 Å². The van der Waals surface area contributed by atoms with Gasteiger partial charge in [0.05, 0.1) is 41.1 Å². The summed E-state index contributed by atoms with van der Waals surface area (Å²) in [7, 11) is 3.12. The standard InChI is InChI=1S/C23H21BrN2O5S2/c1-5-31-22(28)18-12(2)25-23-26(19(18)16-7-6-8-32-16)21(27)17(33-23)11-13-9-14(24)20(30-4)15(10-13)29-3/h6-11,19H,5H2,1-4H3/b17-11-/t19-/m0/s1. The summed E-state index contributed by atoms with van der Waals surface area (Å²) in [5, 5.41) is 1.92. The lowest BCUT2D eigenvalue weighted by molar-refractivity contribution is -0.139. The maximum Gasteiger partial charge on any atom is 0.338 e. The molecule has 0 bridgehead atoms. The van der Waals surface area contributed by atoms with Crippen molar-refractivity contribution in [3.05, 3.63) is 75.5 Å². The highest BCUT2D eigenvalue weighted by molar-refractivity contribution is 9.10. The van der Waals surface area contributed by atoms with E-state index in [9.17, 15) is 9.59 Å². The van der Waals surface area contributed by atoms with Crippen molar-refractivity contribution in [2.45, 2.75) is 19.9 Å². The summed E-state index contributed by atoms with van der Waals surface area (Å²) in [6.07, 6.45) is 1.78. The van der Waals surface area contributed by atoms with Crippen LogP contribution in [-0.2, 0) is 9.53 Å². The third-order valence-corrected chi connectivity index (χ3v) is 7.58. The molecule has 0 radical (unpaired) electrons. The van der Waals surface area contributed by atoms with Crippen LogP contribution < -0.4 is 24.4 Å². The molecule has 1 aliphatic heterocycles. The van der Waals surface area contributed by atoms with Gasteiger partial charge in [0, 0.05) is 4.88 Å². The third kappa shape index (κ3) is 4.30. The fourth-order valence-corrected chi connectivity index (χ4v) is 6.17. The number of carbonyl (C=O) groups excluding carboxylic acids is 1. The number of hydrogen-bond acceptors (Lipinski definition) is 8. The van der Waals surface area contributed by atoms with Gasteiger partial charge in [0.2, 0.25) is 0 Å². The zero-order valence-corrected chi connectivity index (χ0v) is 21.6. The Kier molecular flexibility index (Phi) is 6.87. The van der Waals surface area contributed by atoms with E-state index in [0.717, 1.165) is 10.4 Å². The molecular formula is C23H21BrN2O5S2. The molecule has 0 saturated heterocycles. The number of ether oxygens (including phenoxy) is 3. The Balaban J connectivity index is 1.92. The van der Waals surface area contributed by atoms with Gasteiger partial charge >= 0.3 is 5.97 Å². The highest BCUT2D eigenvalue weighted by Gasteiger charge is 2.33. The van der Waals surface area contributed by atoms with Gasteiger partial charge in [-0.1, -0.05) is 17.4 Å². The van der Waals surface area contributed by atoms with Crippen LogP contribution in [0.3, 0.4) is 0 Å². The molecule has 172 valence electrons. The van der Waals surface area contributed by atoms with Gasteiger partial charge in [-0.05, 0) is 65.0 Å². The number of nitrogens with zero attached hydrogens (tertiary/aromatic N) is 2. The fraction of sp³-hybridized carbons (Fsp3) is 0.261. The van der Waals surface area contributed by atoms with E-state index < -0.39 is 12.0 Å². The molecule has 0 amide bonds. The molecule has 3 aromatic rings. The molecule has 2 aromatic heterocycles. The Bertz CT molecular complexity index is 1420. The van der Waals surface area contributed by atoms with Crippen LogP contribution in [-0.4, -0.2) is 31.4 Å². The Morgan fingerprint density at radius 1 is 1.30 bits per heavy atom. The maximum absolute atomic E-state index is 13.6. The van der Waals surface area contributed by atoms with E-state index in [0.29, 0.717) is 36.6 Å². The molecule has 1 aliphatic rings. The molecule has 4 rings (SSSR count). The highest BCUT2D eigenvalue weighted by atomic mass is 79.9. The van der Waals surface area contributed by atoms with E-state index in [2.05, 4.69) is 20.9 Å². The first kappa shape index (κ1) is 23.5. The molecule has 0 unspecified atom stereocenters. The molecular weight excluding hydrogens is 528 g/mol. The number of hydrogen-bond donors (Lipinski definition) is 0. The van der Waals surface area contributed by atoms with Gasteiger partial charge in [-0.25, -0.2) is 9.79 Å². The van der Waals surface area contributed by atoms with Crippen molar-refractivity contribution in [3.8, 4) is 11.5 Å². The number of halogens is 1. The lowest BCUT2D eigenvalue weighted by atomic mass is 10.0. The molecule has 33 heavy (non-hydrogen) atoms. The minimum Gasteiger partial charge on any atom is -0.493 e. The zero-order valence-electron chi connectivity index (χ0n) is 18.4. The highest BCUT2D eigenvalue weighted by Crippen LogP contribution is 2.36. The number of thiophene rings is 1. The number of esters is 1. The van der Waals surface area contributed by atoms with Gasteiger partial charge < -0.3 is 14.2 Å². The zero-order chi connectivity index (χ0) is 23.7. The molecule has 3 heterocycles. The normalized spacial score (nSPS) is 15.8. The Morgan fingerprint density at radius 3 is 2.73 bits per heavy atom. The van der Waals surface area contributed by atoms with Crippen LogP contribution in [0.2, 0.25) is 0 Å². The molecule has 0 fully saturated rings. The van der Waals surface area contributed by atoms with Crippen molar-refractivity contribution in [1.82, 2.24) is 4.57 Å². The number of thiazole rings is 1. The van der Waals surface area contributed by atoms with Crippen LogP contribution in [0.25, 0.3) is 6.08 Å². The van der Waals surface area contributed by atoms with Crippen molar-refractivity contribution in [2.24, 2.45) is 4.99 Å². The second kappa shape index (κ2) is 9.66. The van der Waals surface area contributed by atoms with E-state index in [4.69, 9.17) is 14.2 Å². The quantitative estimate of drug-likeness (QED) is 0.439. The van der Waals surface area contributed by atoms with Gasteiger partial charge in [0.15, 0.2) is 16.3 Å². The summed E-state index contributed by atoms with van der Waals surface area (Å²) in [4.78, 5) is 32.4. The molecule has 0 saturated carbocycles. The number of rotatable bonds is 6. The van der Waals surface area contributed by atoms with Crippen molar-refractivity contribution in [2.75, 3.05) is 20.8 Å². The van der Waals surface area contributed by atoms with Crippen LogP contribution in [0.4, 0.5) is 0 Å². The van der Waals surface area contributed by atoms with Gasteiger partial charge in [0.1, 0.15) is 6.04 Å². The van der Waals surface area contributed by atoms with Crippen molar-refractivity contribution >= 4 is 50.6 Å². The summed E-state index contributed by atoms with van der Waals surface area (Å²) in [5.74, 6) is 0.654. The van der Waals surface area contributed by atoms with Crippen LogP contribution in [0, 0.1) is 0 Å². The fourth-order valence-electron chi connectivity index (χ4n) is 3.68. The predicted octanol–water partition coefficient (Wildman–Crippen LogP) is 3.64. The first-order valence-corrected chi connectivity index (χ1v) is 12.5. The number of methoxy groups -OCH3 is 2. The monoisotopic (exact) mass is 548 g/mol. The smallest absolute Gasteiger partial charge is 0.338 e. The lowest BCUT2D eigenvalue weighted by Gasteiger charge is -2.23. The minimum absolute atomic E-state index is 0.225. The second-order valence-electron chi connectivity index (χ2n) is 7.06. The average molecular weight is 549 g/mol. The minimum atomic E-state index is -0.584. The van der Waals surface area contributed by atoms with Gasteiger partial charge in [0.25, 0.3) is 5.56 Å². The Morgan fingerprint density at radius 2 is 2.09 bits per heavy atom. The molecule has 0 aliphatic carbocycles. The number of benzene rings is 1. The van der Waals surface area contributed by atoms with Crippen LogP contribution in [0.15, 0.2) is 55.2 Å². The third-order valence-electron chi connectivity index (χ3n) is 5.08. The summed E-state index contributed by atoms with van der Waals surface area (Å²) in [6.45, 7) is 3.77. The molecule has 10 heteroatoms. The summed E-state index contributed by atoms with van der Waals surface area (Å²) >= 11 is 6.25. The van der Waals surface area contributed by atoms with E-state index in [1.807, 2.05) is 23.6 Å². The van der Waals surface area contributed by atoms with Crippen LogP contribution in [0.1, 0.15) is 30.3 Å². The number of carbonyl (C=O) groups is 1. The van der Waals surface area contributed by atoms with E-state index in [1.54, 1.807) is 44.8 Å². The van der Waals surface area contributed by atoms with E-state index >= 15 is 0 Å². The largest absolute Gasteiger partial charge is 0.493 e. The molecule has 1 aromatic carbocycles. The predicted molar refractivity (Wildman–Crippen MR) is 132 cm³/mol. The maximum atomic E-state index is 13.6. The molecule has 1 atom stereocenters. The SMILES string of the molecule is CCOC(=O)C1=C(C)N=c2s/c(=C\c3cc(Br)c(OC)c(OC)c3)c(=O)n2[C@H]1c1cccs1. The van der Waals surface area contributed by atoms with Crippen LogP contribution >= 0.6 is 38.6 Å². The number of fused-ring (bicyclic) bond motifs is 1. The summed E-state index contributed by atoms with van der Waals surface area (Å²) < 4.78 is 18.9. The lowest BCUT2D eigenvalue weighted by Crippen LogP contribution is -2.39. The van der Waals surface area contributed by atoms with E-state index in [-0.39, 0.29) is 12.2 Å². The Labute approximate surface area is 206 Å². The number of allylic oxidation sites excluding steroid dienone is 1. The van der Waals surface area contributed by atoms with E-state index in [1.165, 1.54) is 22.7 Å². The first-order valence-electron chi connectivity index (χ1n) is 10.0. The number of aromatic nitrogens is 1. The molecule has 0 spiro atoms.